The molecule has 7 nitrogen and oxygen atoms in total. The van der Waals surface area contributed by atoms with E-state index in [4.69, 9.17) is 0 Å². The first kappa shape index (κ1) is 23.1. The molecule has 0 saturated carbocycles. The van der Waals surface area contributed by atoms with Crippen molar-refractivity contribution in [3.63, 3.8) is 0 Å². The van der Waals surface area contributed by atoms with Gasteiger partial charge in [0, 0.05) is 17.7 Å². The monoisotopic (exact) mass is 483 g/mol. The molecule has 0 bridgehead atoms. The Morgan fingerprint density at radius 1 is 1.12 bits per heavy atom. The van der Waals surface area contributed by atoms with Crippen LogP contribution >= 0.6 is 23.1 Å². The highest BCUT2D eigenvalue weighted by molar-refractivity contribution is 8.00. The predicted molar refractivity (Wildman–Crippen MR) is 129 cm³/mol. The van der Waals surface area contributed by atoms with Crippen molar-refractivity contribution in [2.24, 2.45) is 5.92 Å². The fraction of sp³-hybridized carbons (Fsp3) is 0.261. The number of hydrogen-bond donors (Lipinski definition) is 1. The molecule has 0 unspecified atom stereocenters. The smallest absolute Gasteiger partial charge is 0.278 e. The summed E-state index contributed by atoms with van der Waals surface area (Å²) in [6.07, 6.45) is 0.775. The maximum Gasteiger partial charge on any atom is 0.278 e. The third-order valence-corrected chi connectivity index (χ3v) is 6.95. The van der Waals surface area contributed by atoms with Crippen LogP contribution < -0.4 is 10.9 Å². The highest BCUT2D eigenvalue weighted by Gasteiger charge is 2.18. The first-order chi connectivity index (χ1) is 15.9. The SMILES string of the molecule is CC(C)CCn1nc(C(=O)Nc2nnc(SCc3ccc(F)cc3)s2)c2ccccc2c1=O. The average Bonchev–Trinajstić information content (AvgIpc) is 3.25. The third kappa shape index (κ3) is 5.63. The van der Waals surface area contributed by atoms with E-state index in [2.05, 4.69) is 34.5 Å². The Balaban J connectivity index is 1.52. The standard InChI is InChI=1S/C23H22FN5O2S2/c1-14(2)11-12-29-21(31)18-6-4-3-5-17(18)19(28-29)20(30)25-22-26-27-23(33-22)32-13-15-7-9-16(24)10-8-15/h3-10,14H,11-13H2,1-2H3,(H,25,26,30). The van der Waals surface area contributed by atoms with Crippen molar-refractivity contribution in [3.8, 4) is 0 Å². The van der Waals surface area contributed by atoms with Crippen molar-refractivity contribution < 1.29 is 9.18 Å². The molecule has 1 N–H and O–H groups in total. The van der Waals surface area contributed by atoms with E-state index < -0.39 is 5.91 Å². The van der Waals surface area contributed by atoms with E-state index in [0.29, 0.717) is 38.5 Å². The highest BCUT2D eigenvalue weighted by atomic mass is 32.2. The van der Waals surface area contributed by atoms with Crippen molar-refractivity contribution in [1.29, 1.82) is 0 Å². The summed E-state index contributed by atoms with van der Waals surface area (Å²) in [5.41, 5.74) is 0.921. The Bertz CT molecular complexity index is 1330. The second-order valence-electron chi connectivity index (χ2n) is 7.85. The molecule has 2 aromatic carbocycles. The maximum atomic E-state index is 13.1. The lowest BCUT2D eigenvalue weighted by atomic mass is 10.1. The minimum Gasteiger partial charge on any atom is -0.295 e. The summed E-state index contributed by atoms with van der Waals surface area (Å²) in [4.78, 5) is 25.9. The summed E-state index contributed by atoms with van der Waals surface area (Å²) < 4.78 is 15.1. The van der Waals surface area contributed by atoms with Gasteiger partial charge in [0.15, 0.2) is 10.0 Å². The topological polar surface area (TPSA) is 89.8 Å². The van der Waals surface area contributed by atoms with Gasteiger partial charge in [0.25, 0.3) is 11.5 Å². The highest BCUT2D eigenvalue weighted by Crippen LogP contribution is 2.28. The Labute approximate surface area is 198 Å². The van der Waals surface area contributed by atoms with E-state index in [-0.39, 0.29) is 17.1 Å². The average molecular weight is 484 g/mol. The third-order valence-electron chi connectivity index (χ3n) is 4.90. The fourth-order valence-corrected chi connectivity index (χ4v) is 4.84. The van der Waals surface area contributed by atoms with Crippen LogP contribution in [0, 0.1) is 11.7 Å². The van der Waals surface area contributed by atoms with Gasteiger partial charge in [0.1, 0.15) is 5.82 Å². The van der Waals surface area contributed by atoms with Gasteiger partial charge >= 0.3 is 0 Å². The number of rotatable bonds is 8. The van der Waals surface area contributed by atoms with E-state index in [1.807, 2.05) is 0 Å². The van der Waals surface area contributed by atoms with Gasteiger partial charge in [-0.25, -0.2) is 9.07 Å². The van der Waals surface area contributed by atoms with Gasteiger partial charge in [0.2, 0.25) is 5.13 Å². The maximum absolute atomic E-state index is 13.1. The number of halogens is 1. The number of benzene rings is 2. The molecule has 33 heavy (non-hydrogen) atoms. The van der Waals surface area contributed by atoms with Gasteiger partial charge < -0.3 is 0 Å². The Hall–Kier alpha value is -3.11. The molecule has 0 spiro atoms. The Morgan fingerprint density at radius 2 is 1.85 bits per heavy atom. The van der Waals surface area contributed by atoms with Crippen LogP contribution in [0.1, 0.15) is 36.3 Å². The summed E-state index contributed by atoms with van der Waals surface area (Å²) in [6.45, 7) is 4.58. The van der Waals surface area contributed by atoms with Crippen molar-refractivity contribution in [2.45, 2.75) is 36.9 Å². The van der Waals surface area contributed by atoms with Gasteiger partial charge in [-0.2, -0.15) is 5.10 Å². The normalized spacial score (nSPS) is 11.3. The van der Waals surface area contributed by atoms with Crippen LogP contribution in [0.25, 0.3) is 10.8 Å². The van der Waals surface area contributed by atoms with Gasteiger partial charge in [-0.3, -0.25) is 14.9 Å². The van der Waals surface area contributed by atoms with E-state index in [1.165, 1.54) is 39.9 Å². The number of nitrogens with zero attached hydrogens (tertiary/aromatic N) is 4. The molecule has 0 radical (unpaired) electrons. The van der Waals surface area contributed by atoms with E-state index >= 15 is 0 Å². The number of thioether (sulfide) groups is 1. The molecule has 10 heteroatoms. The molecular weight excluding hydrogens is 461 g/mol. The number of hydrogen-bond acceptors (Lipinski definition) is 7. The van der Waals surface area contributed by atoms with Gasteiger partial charge in [-0.05, 0) is 36.1 Å². The molecule has 1 amide bonds. The zero-order valence-corrected chi connectivity index (χ0v) is 19.8. The van der Waals surface area contributed by atoms with Crippen molar-refractivity contribution in [3.05, 3.63) is 76.0 Å². The lowest BCUT2D eigenvalue weighted by molar-refractivity contribution is 0.102. The summed E-state index contributed by atoms with van der Waals surface area (Å²) in [7, 11) is 0. The minimum absolute atomic E-state index is 0.171. The second kappa shape index (κ2) is 10.2. The van der Waals surface area contributed by atoms with E-state index in [9.17, 15) is 14.0 Å². The number of carbonyl (C=O) groups excluding carboxylic acids is 1. The molecule has 2 aromatic heterocycles. The van der Waals surface area contributed by atoms with Crippen LogP contribution in [0.4, 0.5) is 9.52 Å². The van der Waals surface area contributed by atoms with Gasteiger partial charge in [0.05, 0.1) is 5.39 Å². The number of anilines is 1. The quantitative estimate of drug-likeness (QED) is 0.281. The lowest BCUT2D eigenvalue weighted by Gasteiger charge is -2.11. The molecule has 0 saturated heterocycles. The first-order valence-corrected chi connectivity index (χ1v) is 12.2. The molecule has 2 heterocycles. The molecule has 0 fully saturated rings. The number of fused-ring (bicyclic) bond motifs is 1. The lowest BCUT2D eigenvalue weighted by Crippen LogP contribution is -2.28. The van der Waals surface area contributed by atoms with Crippen LogP contribution in [0.5, 0.6) is 0 Å². The summed E-state index contributed by atoms with van der Waals surface area (Å²) in [5.74, 6) is 0.280. The molecule has 0 atom stereocenters. The summed E-state index contributed by atoms with van der Waals surface area (Å²) >= 11 is 2.69. The molecular formula is C23H22FN5O2S2. The molecule has 0 aliphatic heterocycles. The Morgan fingerprint density at radius 3 is 2.58 bits per heavy atom. The fourth-order valence-electron chi connectivity index (χ4n) is 3.14. The first-order valence-electron chi connectivity index (χ1n) is 10.4. The van der Waals surface area contributed by atoms with E-state index in [0.717, 1.165) is 12.0 Å². The number of amides is 1. The number of nitrogens with one attached hydrogen (secondary N) is 1. The van der Waals surface area contributed by atoms with Crippen molar-refractivity contribution in [2.75, 3.05) is 5.32 Å². The second-order valence-corrected chi connectivity index (χ2v) is 10.0. The molecule has 0 aliphatic rings. The number of aromatic nitrogens is 4. The summed E-state index contributed by atoms with van der Waals surface area (Å²) in [6, 6.07) is 13.2. The molecule has 4 aromatic rings. The zero-order valence-electron chi connectivity index (χ0n) is 18.1. The van der Waals surface area contributed by atoms with Crippen molar-refractivity contribution in [1.82, 2.24) is 20.0 Å². The Kier molecular flexibility index (Phi) is 7.14. The van der Waals surface area contributed by atoms with Crippen LogP contribution in [0.3, 0.4) is 0 Å². The van der Waals surface area contributed by atoms with Gasteiger partial charge in [-0.1, -0.05) is 67.3 Å². The zero-order chi connectivity index (χ0) is 23.4. The summed E-state index contributed by atoms with van der Waals surface area (Å²) in [5, 5.41) is 16.6. The predicted octanol–water partition coefficient (Wildman–Crippen LogP) is 4.98. The number of carbonyl (C=O) groups is 1. The number of aryl methyl sites for hydroxylation is 1. The van der Waals surface area contributed by atoms with Crippen LogP contribution in [-0.4, -0.2) is 25.9 Å². The van der Waals surface area contributed by atoms with Crippen LogP contribution in [-0.2, 0) is 12.3 Å². The van der Waals surface area contributed by atoms with E-state index in [1.54, 1.807) is 36.4 Å². The molecule has 0 aliphatic carbocycles. The van der Waals surface area contributed by atoms with Crippen LogP contribution in [0.2, 0.25) is 0 Å². The molecule has 170 valence electrons. The minimum atomic E-state index is -0.448. The largest absolute Gasteiger partial charge is 0.295 e. The molecule has 4 rings (SSSR count). The van der Waals surface area contributed by atoms with Gasteiger partial charge in [-0.15, -0.1) is 10.2 Å². The van der Waals surface area contributed by atoms with Crippen molar-refractivity contribution >= 4 is 44.9 Å². The van der Waals surface area contributed by atoms with Crippen LogP contribution in [0.15, 0.2) is 57.7 Å².